The third kappa shape index (κ3) is 3.28. The lowest BCUT2D eigenvalue weighted by Crippen LogP contribution is -2.32. The Bertz CT molecular complexity index is 914. The number of nitrogens with one attached hydrogen (secondary N) is 2. The van der Waals surface area contributed by atoms with Crippen molar-refractivity contribution in [3.8, 4) is 0 Å². The van der Waals surface area contributed by atoms with E-state index in [2.05, 4.69) is 34.9 Å². The van der Waals surface area contributed by atoms with E-state index in [1.807, 2.05) is 19.9 Å². The molecule has 1 aromatic heterocycles. The SMILES string of the molecule is CC1=CC(C)(C)Nc2ccc(NS(=O)(=O)c3ccc(C)cc3)nc21. The minimum absolute atomic E-state index is 0.151. The molecule has 0 fully saturated rings. The summed E-state index contributed by atoms with van der Waals surface area (Å²) in [7, 11) is -3.65. The number of rotatable bonds is 3. The van der Waals surface area contributed by atoms with Crippen LogP contribution in [0.5, 0.6) is 0 Å². The van der Waals surface area contributed by atoms with E-state index in [9.17, 15) is 8.42 Å². The van der Waals surface area contributed by atoms with Crippen LogP contribution in [0.1, 0.15) is 32.0 Å². The average molecular weight is 343 g/mol. The molecule has 1 aliphatic heterocycles. The topological polar surface area (TPSA) is 71.1 Å². The highest BCUT2D eigenvalue weighted by Crippen LogP contribution is 2.33. The molecule has 0 spiro atoms. The summed E-state index contributed by atoms with van der Waals surface area (Å²) in [6, 6.07) is 10.2. The minimum Gasteiger partial charge on any atom is -0.375 e. The molecule has 2 heterocycles. The molecule has 5 nitrogen and oxygen atoms in total. The van der Waals surface area contributed by atoms with E-state index >= 15 is 0 Å². The molecule has 126 valence electrons. The highest BCUT2D eigenvalue weighted by molar-refractivity contribution is 7.92. The molecule has 2 aromatic rings. The average Bonchev–Trinajstić information content (AvgIpc) is 2.47. The number of anilines is 2. The molecule has 0 amide bonds. The highest BCUT2D eigenvalue weighted by Gasteiger charge is 2.24. The number of nitrogens with zero attached hydrogens (tertiary/aromatic N) is 1. The van der Waals surface area contributed by atoms with Gasteiger partial charge in [0, 0.05) is 0 Å². The monoisotopic (exact) mass is 343 g/mol. The van der Waals surface area contributed by atoms with Gasteiger partial charge in [0.05, 0.1) is 21.8 Å². The zero-order valence-electron chi connectivity index (χ0n) is 14.2. The first kappa shape index (κ1) is 16.5. The van der Waals surface area contributed by atoms with E-state index in [0.717, 1.165) is 22.5 Å². The predicted octanol–water partition coefficient (Wildman–Crippen LogP) is 3.80. The van der Waals surface area contributed by atoms with Gasteiger partial charge >= 0.3 is 0 Å². The molecule has 0 atom stereocenters. The van der Waals surface area contributed by atoms with Crippen LogP contribution in [0, 0.1) is 6.92 Å². The lowest BCUT2D eigenvalue weighted by Gasteiger charge is -2.30. The number of hydrogen-bond acceptors (Lipinski definition) is 4. The summed E-state index contributed by atoms with van der Waals surface area (Å²) in [6.45, 7) is 8.05. The molecule has 0 bridgehead atoms. The molecule has 0 saturated carbocycles. The summed E-state index contributed by atoms with van der Waals surface area (Å²) < 4.78 is 27.5. The first-order valence-electron chi connectivity index (χ1n) is 7.75. The molecule has 0 saturated heterocycles. The van der Waals surface area contributed by atoms with Crippen molar-refractivity contribution < 1.29 is 8.42 Å². The maximum Gasteiger partial charge on any atom is 0.263 e. The molecule has 1 aliphatic rings. The number of aromatic nitrogens is 1. The summed E-state index contributed by atoms with van der Waals surface area (Å²) in [5.41, 5.74) is 3.54. The van der Waals surface area contributed by atoms with Crippen molar-refractivity contribution in [2.24, 2.45) is 0 Å². The Morgan fingerprint density at radius 3 is 2.38 bits per heavy atom. The quantitative estimate of drug-likeness (QED) is 0.889. The fourth-order valence-corrected chi connectivity index (χ4v) is 3.83. The smallest absolute Gasteiger partial charge is 0.263 e. The summed E-state index contributed by atoms with van der Waals surface area (Å²) in [5.74, 6) is 0.309. The highest BCUT2D eigenvalue weighted by atomic mass is 32.2. The number of pyridine rings is 1. The standard InChI is InChI=1S/C18H21N3O2S/c1-12-5-7-14(8-6-12)24(22,23)21-16-10-9-15-17(19-16)13(2)11-18(3,4)20-15/h5-11,20H,1-4H3,(H,19,21). The van der Waals surface area contributed by atoms with Crippen LogP contribution in [-0.2, 0) is 10.0 Å². The van der Waals surface area contributed by atoms with Gasteiger partial charge in [0.15, 0.2) is 0 Å². The van der Waals surface area contributed by atoms with Gasteiger partial charge in [-0.15, -0.1) is 0 Å². The Kier molecular flexibility index (Phi) is 3.87. The van der Waals surface area contributed by atoms with Crippen molar-refractivity contribution in [1.82, 2.24) is 4.98 Å². The second-order valence-corrected chi connectivity index (χ2v) is 8.37. The van der Waals surface area contributed by atoms with Crippen molar-refractivity contribution in [1.29, 1.82) is 0 Å². The fraction of sp³-hybridized carbons (Fsp3) is 0.278. The molecule has 1 aromatic carbocycles. The second-order valence-electron chi connectivity index (χ2n) is 6.69. The van der Waals surface area contributed by atoms with Crippen LogP contribution in [0.3, 0.4) is 0 Å². The van der Waals surface area contributed by atoms with Crippen molar-refractivity contribution in [3.63, 3.8) is 0 Å². The Labute approximate surface area is 142 Å². The zero-order chi connectivity index (χ0) is 17.5. The van der Waals surface area contributed by atoms with E-state index in [-0.39, 0.29) is 10.4 Å². The maximum atomic E-state index is 12.5. The van der Waals surface area contributed by atoms with E-state index in [0.29, 0.717) is 5.82 Å². The Hall–Kier alpha value is -2.34. The number of allylic oxidation sites excluding steroid dienone is 1. The molecule has 24 heavy (non-hydrogen) atoms. The Morgan fingerprint density at radius 2 is 1.71 bits per heavy atom. The van der Waals surface area contributed by atoms with Gasteiger partial charge in [0.1, 0.15) is 5.82 Å². The summed E-state index contributed by atoms with van der Waals surface area (Å²) in [4.78, 5) is 4.69. The van der Waals surface area contributed by atoms with Gasteiger partial charge in [-0.2, -0.15) is 0 Å². The number of aryl methyl sites for hydroxylation is 1. The lowest BCUT2D eigenvalue weighted by molar-refractivity contribution is 0.601. The van der Waals surface area contributed by atoms with Crippen LogP contribution in [0.4, 0.5) is 11.5 Å². The number of sulfonamides is 1. The van der Waals surface area contributed by atoms with Gasteiger partial charge < -0.3 is 5.32 Å². The van der Waals surface area contributed by atoms with Gasteiger partial charge in [-0.05, 0) is 57.5 Å². The van der Waals surface area contributed by atoms with Crippen LogP contribution in [-0.4, -0.2) is 18.9 Å². The van der Waals surface area contributed by atoms with Crippen LogP contribution in [0.25, 0.3) is 5.57 Å². The van der Waals surface area contributed by atoms with E-state index < -0.39 is 10.0 Å². The molecule has 3 rings (SSSR count). The van der Waals surface area contributed by atoms with Crippen LogP contribution < -0.4 is 10.0 Å². The number of benzene rings is 1. The lowest BCUT2D eigenvalue weighted by atomic mass is 9.94. The number of fused-ring (bicyclic) bond motifs is 1. The minimum atomic E-state index is -3.65. The van der Waals surface area contributed by atoms with Crippen LogP contribution >= 0.6 is 0 Å². The molecule has 0 radical (unpaired) electrons. The molecule has 0 unspecified atom stereocenters. The zero-order valence-corrected chi connectivity index (χ0v) is 15.0. The second kappa shape index (κ2) is 5.63. The van der Waals surface area contributed by atoms with Crippen molar-refractivity contribution in [2.45, 2.75) is 38.1 Å². The molecular weight excluding hydrogens is 322 g/mol. The fourth-order valence-electron chi connectivity index (χ4n) is 2.82. The van der Waals surface area contributed by atoms with Gasteiger partial charge in [-0.25, -0.2) is 13.4 Å². The van der Waals surface area contributed by atoms with Crippen molar-refractivity contribution >= 4 is 27.1 Å². The van der Waals surface area contributed by atoms with Gasteiger partial charge in [0.2, 0.25) is 0 Å². The Morgan fingerprint density at radius 1 is 1.04 bits per heavy atom. The maximum absolute atomic E-state index is 12.5. The number of hydrogen-bond donors (Lipinski definition) is 2. The van der Waals surface area contributed by atoms with Crippen LogP contribution in [0.15, 0.2) is 47.4 Å². The normalized spacial score (nSPS) is 15.9. The molecular formula is C18H21N3O2S. The molecule has 0 aliphatic carbocycles. The van der Waals surface area contributed by atoms with Gasteiger partial charge in [0.25, 0.3) is 10.0 Å². The van der Waals surface area contributed by atoms with Crippen molar-refractivity contribution in [2.75, 3.05) is 10.0 Å². The van der Waals surface area contributed by atoms with Gasteiger partial charge in [-0.1, -0.05) is 23.8 Å². The van der Waals surface area contributed by atoms with Gasteiger partial charge in [-0.3, -0.25) is 4.72 Å². The van der Waals surface area contributed by atoms with Crippen molar-refractivity contribution in [3.05, 3.63) is 53.7 Å². The third-order valence-corrected chi connectivity index (χ3v) is 5.24. The van der Waals surface area contributed by atoms with E-state index in [1.165, 1.54) is 0 Å². The molecule has 6 heteroatoms. The van der Waals surface area contributed by atoms with E-state index in [1.54, 1.807) is 30.3 Å². The van der Waals surface area contributed by atoms with Crippen LogP contribution in [0.2, 0.25) is 0 Å². The first-order chi connectivity index (χ1) is 11.2. The molecule has 2 N–H and O–H groups in total. The largest absolute Gasteiger partial charge is 0.375 e. The Balaban J connectivity index is 1.92. The predicted molar refractivity (Wildman–Crippen MR) is 97.6 cm³/mol. The summed E-state index contributed by atoms with van der Waals surface area (Å²) in [6.07, 6.45) is 2.08. The summed E-state index contributed by atoms with van der Waals surface area (Å²) in [5, 5.41) is 3.38. The first-order valence-corrected chi connectivity index (χ1v) is 9.23. The van der Waals surface area contributed by atoms with E-state index in [4.69, 9.17) is 0 Å². The third-order valence-electron chi connectivity index (χ3n) is 3.87. The summed E-state index contributed by atoms with van der Waals surface area (Å²) >= 11 is 0.